The Labute approximate surface area is 148 Å². The molecule has 0 amide bonds. The summed E-state index contributed by atoms with van der Waals surface area (Å²) in [7, 11) is 2.07. The number of hydrogen-bond donors (Lipinski definition) is 1. The van der Waals surface area contributed by atoms with E-state index in [1.165, 1.54) is 11.1 Å². The average Bonchev–Trinajstić information content (AvgIpc) is 2.97. The maximum atomic E-state index is 4.69. The van der Waals surface area contributed by atoms with Gasteiger partial charge in [-0.1, -0.05) is 30.3 Å². The van der Waals surface area contributed by atoms with Gasteiger partial charge in [0, 0.05) is 20.1 Å². The van der Waals surface area contributed by atoms with Gasteiger partial charge in [-0.3, -0.25) is 0 Å². The zero-order valence-electron chi connectivity index (χ0n) is 12.5. The third-order valence-electron chi connectivity index (χ3n) is 2.95. The van der Waals surface area contributed by atoms with Crippen molar-refractivity contribution in [2.45, 2.75) is 20.0 Å². The molecule has 0 unspecified atom stereocenters. The number of thiophene rings is 1. The van der Waals surface area contributed by atoms with Crippen LogP contribution in [0.1, 0.15) is 18.1 Å². The molecule has 3 nitrogen and oxygen atoms in total. The highest BCUT2D eigenvalue weighted by Gasteiger charge is 2.06. The summed E-state index contributed by atoms with van der Waals surface area (Å²) < 4.78 is 0. The minimum Gasteiger partial charge on any atom is -0.357 e. The third kappa shape index (κ3) is 6.05. The number of nitrogens with one attached hydrogen (secondary N) is 1. The lowest BCUT2D eigenvalue weighted by atomic mass is 10.2. The minimum atomic E-state index is 0. The largest absolute Gasteiger partial charge is 0.357 e. The molecule has 1 aromatic carbocycles. The van der Waals surface area contributed by atoms with Crippen molar-refractivity contribution in [2.24, 2.45) is 4.99 Å². The van der Waals surface area contributed by atoms with Crippen LogP contribution >= 0.6 is 35.3 Å². The highest BCUT2D eigenvalue weighted by molar-refractivity contribution is 14.0. The molecule has 114 valence electrons. The van der Waals surface area contributed by atoms with Crippen molar-refractivity contribution in [3.63, 3.8) is 0 Å². The van der Waals surface area contributed by atoms with Crippen LogP contribution in [-0.2, 0) is 13.1 Å². The Kier molecular flexibility index (Phi) is 8.37. The van der Waals surface area contributed by atoms with Crippen molar-refractivity contribution < 1.29 is 0 Å². The average molecular weight is 415 g/mol. The lowest BCUT2D eigenvalue weighted by Crippen LogP contribution is -2.38. The lowest BCUT2D eigenvalue weighted by Gasteiger charge is -2.22. The van der Waals surface area contributed by atoms with E-state index in [1.54, 1.807) is 11.3 Å². The topological polar surface area (TPSA) is 27.6 Å². The Hall–Kier alpha value is -1.08. The first-order valence-corrected chi connectivity index (χ1v) is 7.78. The van der Waals surface area contributed by atoms with Gasteiger partial charge in [-0.05, 0) is 34.9 Å². The first-order valence-electron chi connectivity index (χ1n) is 6.84. The highest BCUT2D eigenvalue weighted by Crippen LogP contribution is 2.08. The summed E-state index contributed by atoms with van der Waals surface area (Å²) in [5.41, 5.74) is 2.55. The van der Waals surface area contributed by atoms with Crippen LogP contribution in [0, 0.1) is 0 Å². The Balaban J connectivity index is 0.00000220. The molecule has 0 atom stereocenters. The summed E-state index contributed by atoms with van der Waals surface area (Å²) in [4.78, 5) is 6.85. The SMILES string of the molecule is CCNC(=NCc1ccsc1)N(C)Cc1ccccc1.I. The van der Waals surface area contributed by atoms with Crippen LogP contribution in [0.5, 0.6) is 0 Å². The molecule has 1 heterocycles. The van der Waals surface area contributed by atoms with E-state index in [0.717, 1.165) is 25.6 Å². The molecule has 2 aromatic rings. The number of hydrogen-bond acceptors (Lipinski definition) is 2. The number of halogens is 1. The molecule has 21 heavy (non-hydrogen) atoms. The Morgan fingerprint density at radius 1 is 1.19 bits per heavy atom. The van der Waals surface area contributed by atoms with Gasteiger partial charge in [-0.25, -0.2) is 4.99 Å². The van der Waals surface area contributed by atoms with Crippen LogP contribution in [0.4, 0.5) is 0 Å². The summed E-state index contributed by atoms with van der Waals surface area (Å²) in [5.74, 6) is 0.947. The van der Waals surface area contributed by atoms with Crippen LogP contribution in [-0.4, -0.2) is 24.5 Å². The predicted molar refractivity (Wildman–Crippen MR) is 102 cm³/mol. The van der Waals surface area contributed by atoms with Gasteiger partial charge in [0.05, 0.1) is 6.54 Å². The van der Waals surface area contributed by atoms with Crippen LogP contribution in [0.25, 0.3) is 0 Å². The molecule has 1 N–H and O–H groups in total. The molecule has 0 fully saturated rings. The lowest BCUT2D eigenvalue weighted by molar-refractivity contribution is 0.477. The quantitative estimate of drug-likeness (QED) is 0.455. The number of guanidine groups is 1. The van der Waals surface area contributed by atoms with E-state index in [9.17, 15) is 0 Å². The fraction of sp³-hybridized carbons (Fsp3) is 0.312. The van der Waals surface area contributed by atoms with Crippen molar-refractivity contribution in [1.82, 2.24) is 10.2 Å². The molecule has 0 spiro atoms. The highest BCUT2D eigenvalue weighted by atomic mass is 127. The molecule has 0 saturated carbocycles. The number of aliphatic imine (C=N–C) groups is 1. The van der Waals surface area contributed by atoms with Crippen molar-refractivity contribution in [3.8, 4) is 0 Å². The molecule has 5 heteroatoms. The van der Waals surface area contributed by atoms with E-state index in [0.29, 0.717) is 0 Å². The first kappa shape index (κ1) is 18.0. The van der Waals surface area contributed by atoms with Gasteiger partial charge in [-0.15, -0.1) is 24.0 Å². The van der Waals surface area contributed by atoms with Gasteiger partial charge in [0.25, 0.3) is 0 Å². The second-order valence-electron chi connectivity index (χ2n) is 4.64. The van der Waals surface area contributed by atoms with Gasteiger partial charge in [0.2, 0.25) is 0 Å². The summed E-state index contributed by atoms with van der Waals surface area (Å²) in [6.45, 7) is 4.55. The molecule has 0 aliphatic carbocycles. The molecule has 1 aromatic heterocycles. The maximum Gasteiger partial charge on any atom is 0.194 e. The van der Waals surface area contributed by atoms with E-state index < -0.39 is 0 Å². The molecular weight excluding hydrogens is 393 g/mol. The van der Waals surface area contributed by atoms with Crippen LogP contribution in [0.3, 0.4) is 0 Å². The van der Waals surface area contributed by atoms with Gasteiger partial charge in [0.15, 0.2) is 5.96 Å². The zero-order valence-corrected chi connectivity index (χ0v) is 15.6. The second-order valence-corrected chi connectivity index (χ2v) is 5.42. The number of nitrogens with zero attached hydrogens (tertiary/aromatic N) is 2. The van der Waals surface area contributed by atoms with Gasteiger partial charge >= 0.3 is 0 Å². The van der Waals surface area contributed by atoms with Crippen molar-refractivity contribution in [3.05, 3.63) is 58.3 Å². The van der Waals surface area contributed by atoms with Crippen LogP contribution in [0.15, 0.2) is 52.2 Å². The minimum absolute atomic E-state index is 0. The van der Waals surface area contributed by atoms with Crippen molar-refractivity contribution in [2.75, 3.05) is 13.6 Å². The monoisotopic (exact) mass is 415 g/mol. The van der Waals surface area contributed by atoms with E-state index in [2.05, 4.69) is 65.3 Å². The number of benzene rings is 1. The molecule has 2 rings (SSSR count). The van der Waals surface area contributed by atoms with Crippen molar-refractivity contribution in [1.29, 1.82) is 0 Å². The second kappa shape index (κ2) is 9.78. The summed E-state index contributed by atoms with van der Waals surface area (Å²) in [6.07, 6.45) is 0. The molecule has 0 bridgehead atoms. The van der Waals surface area contributed by atoms with Gasteiger partial charge in [0.1, 0.15) is 0 Å². The summed E-state index contributed by atoms with van der Waals surface area (Å²) >= 11 is 1.71. The Morgan fingerprint density at radius 3 is 2.57 bits per heavy atom. The van der Waals surface area contributed by atoms with E-state index >= 15 is 0 Å². The summed E-state index contributed by atoms with van der Waals surface area (Å²) in [6, 6.07) is 12.6. The molecule has 0 radical (unpaired) electrons. The fourth-order valence-electron chi connectivity index (χ4n) is 1.95. The third-order valence-corrected chi connectivity index (χ3v) is 3.68. The van der Waals surface area contributed by atoms with E-state index in [4.69, 9.17) is 4.99 Å². The summed E-state index contributed by atoms with van der Waals surface area (Å²) in [5, 5.41) is 7.58. The van der Waals surface area contributed by atoms with E-state index in [1.807, 2.05) is 6.07 Å². The predicted octanol–water partition coefficient (Wildman–Crippen LogP) is 3.96. The zero-order chi connectivity index (χ0) is 14.2. The Bertz CT molecular complexity index is 526. The standard InChI is InChI=1S/C16H21N3S.HI/c1-3-17-16(18-11-15-9-10-20-13-15)19(2)12-14-7-5-4-6-8-14;/h4-10,13H,3,11-12H2,1-2H3,(H,17,18);1H. The fourth-order valence-corrected chi connectivity index (χ4v) is 2.61. The first-order chi connectivity index (χ1) is 9.79. The van der Waals surface area contributed by atoms with Crippen LogP contribution < -0.4 is 5.32 Å². The Morgan fingerprint density at radius 2 is 1.95 bits per heavy atom. The molecule has 0 saturated heterocycles. The maximum absolute atomic E-state index is 4.69. The molecular formula is C16H22IN3S. The van der Waals surface area contributed by atoms with Crippen molar-refractivity contribution >= 4 is 41.3 Å². The normalized spacial score (nSPS) is 10.9. The van der Waals surface area contributed by atoms with Crippen LogP contribution in [0.2, 0.25) is 0 Å². The number of rotatable bonds is 5. The van der Waals surface area contributed by atoms with E-state index in [-0.39, 0.29) is 24.0 Å². The smallest absolute Gasteiger partial charge is 0.194 e. The molecule has 0 aliphatic heterocycles. The van der Waals surface area contributed by atoms with Gasteiger partial charge in [-0.2, -0.15) is 11.3 Å². The van der Waals surface area contributed by atoms with Gasteiger partial charge < -0.3 is 10.2 Å². The molecule has 0 aliphatic rings.